The fourth-order valence-electron chi connectivity index (χ4n) is 1.32. The first-order chi connectivity index (χ1) is 9.95. The largest absolute Gasteiger partial charge is 0.416 e. The van der Waals surface area contributed by atoms with Gasteiger partial charge < -0.3 is 0 Å². The lowest BCUT2D eigenvalue weighted by atomic mass is 10.1. The van der Waals surface area contributed by atoms with E-state index in [4.69, 9.17) is 11.6 Å². The molecule has 0 amide bonds. The summed E-state index contributed by atoms with van der Waals surface area (Å²) < 4.78 is 50.7. The van der Waals surface area contributed by atoms with Crippen LogP contribution in [0.5, 0.6) is 0 Å². The summed E-state index contributed by atoms with van der Waals surface area (Å²) in [5.74, 6) is 0. The summed E-state index contributed by atoms with van der Waals surface area (Å²) in [6, 6.07) is 0.106. The number of nitro benzene ring substituents is 2. The highest BCUT2D eigenvalue weighted by Gasteiger charge is 2.37. The molecule has 1 unspecified atom stereocenters. The molecule has 0 radical (unpaired) electrons. The molecule has 0 saturated carbocycles. The standard InChI is InChI=1S/C9H3BrClF4N3O4/c10-7(12)8(11)16-6-4(17(19)20)1-3(9(13,14)15)2-5(6)18(21)22/h1-2,7H. The van der Waals surface area contributed by atoms with Gasteiger partial charge in [0.1, 0.15) is 0 Å². The van der Waals surface area contributed by atoms with Gasteiger partial charge in [-0.15, -0.1) is 0 Å². The Bertz CT molecular complexity index is 630. The van der Waals surface area contributed by atoms with Crippen LogP contribution in [-0.2, 0) is 6.18 Å². The van der Waals surface area contributed by atoms with Crippen molar-refractivity contribution in [3.05, 3.63) is 37.9 Å². The molecule has 0 aliphatic carbocycles. The second-order valence-electron chi connectivity index (χ2n) is 3.61. The summed E-state index contributed by atoms with van der Waals surface area (Å²) in [5.41, 5.74) is -5.35. The number of halogens is 6. The number of alkyl halides is 5. The molecule has 120 valence electrons. The third kappa shape index (κ3) is 4.10. The Hall–Kier alpha value is -1.82. The van der Waals surface area contributed by atoms with Crippen LogP contribution < -0.4 is 0 Å². The van der Waals surface area contributed by atoms with E-state index in [1.54, 1.807) is 0 Å². The Morgan fingerprint density at radius 1 is 1.23 bits per heavy atom. The minimum atomic E-state index is -5.06. The van der Waals surface area contributed by atoms with E-state index in [1.165, 1.54) is 0 Å². The zero-order chi connectivity index (χ0) is 17.2. The zero-order valence-corrected chi connectivity index (χ0v) is 12.3. The topological polar surface area (TPSA) is 98.6 Å². The van der Waals surface area contributed by atoms with Crippen LogP contribution >= 0.6 is 27.5 Å². The van der Waals surface area contributed by atoms with Crippen LogP contribution in [0, 0.1) is 20.2 Å². The summed E-state index contributed by atoms with van der Waals surface area (Å²) in [6.07, 6.45) is -5.06. The molecule has 0 saturated heterocycles. The Kier molecular flexibility index (Phi) is 5.40. The van der Waals surface area contributed by atoms with Gasteiger partial charge in [0.15, 0.2) is 5.17 Å². The van der Waals surface area contributed by atoms with Gasteiger partial charge >= 0.3 is 17.6 Å². The number of aliphatic imine (C=N–C) groups is 1. The lowest BCUT2D eigenvalue weighted by molar-refractivity contribution is -0.392. The van der Waals surface area contributed by atoms with E-state index in [0.717, 1.165) is 0 Å². The smallest absolute Gasteiger partial charge is 0.258 e. The van der Waals surface area contributed by atoms with Gasteiger partial charge in [-0.1, -0.05) is 11.6 Å². The highest BCUT2D eigenvalue weighted by Crippen LogP contribution is 2.43. The maximum absolute atomic E-state index is 12.8. The van der Waals surface area contributed by atoms with Crippen molar-refractivity contribution < 1.29 is 27.4 Å². The molecule has 0 aromatic heterocycles. The number of hydrogen-bond acceptors (Lipinski definition) is 5. The monoisotopic (exact) mass is 407 g/mol. The molecule has 0 fully saturated rings. The number of nitro groups is 2. The molecule has 0 aliphatic rings. The van der Waals surface area contributed by atoms with E-state index < -0.39 is 48.9 Å². The van der Waals surface area contributed by atoms with Crippen LogP contribution in [0.3, 0.4) is 0 Å². The quantitative estimate of drug-likeness (QED) is 0.241. The number of nitrogens with zero attached hydrogens (tertiary/aromatic N) is 3. The highest BCUT2D eigenvalue weighted by atomic mass is 79.9. The van der Waals surface area contributed by atoms with Crippen molar-refractivity contribution in [2.45, 2.75) is 11.3 Å². The van der Waals surface area contributed by atoms with E-state index in [2.05, 4.69) is 20.9 Å². The summed E-state index contributed by atoms with van der Waals surface area (Å²) in [6.45, 7) is 0. The normalized spacial score (nSPS) is 13.8. The predicted molar refractivity (Wildman–Crippen MR) is 71.5 cm³/mol. The molecule has 1 atom stereocenters. The third-order valence-electron chi connectivity index (χ3n) is 2.19. The summed E-state index contributed by atoms with van der Waals surface area (Å²) in [4.78, 5) is 22.2. The average molecular weight is 408 g/mol. The van der Waals surface area contributed by atoms with Gasteiger partial charge in [-0.25, -0.2) is 9.38 Å². The van der Waals surface area contributed by atoms with Crippen LogP contribution in [0.15, 0.2) is 17.1 Å². The molecular formula is C9H3BrClF4N3O4. The summed E-state index contributed by atoms with van der Waals surface area (Å²) in [7, 11) is 0. The fraction of sp³-hybridized carbons (Fsp3) is 0.222. The van der Waals surface area contributed by atoms with Crippen molar-refractivity contribution in [3.63, 3.8) is 0 Å². The van der Waals surface area contributed by atoms with E-state index in [1.807, 2.05) is 0 Å². The first-order valence-corrected chi connectivity index (χ1v) is 6.30. The van der Waals surface area contributed by atoms with Crippen LogP contribution in [-0.4, -0.2) is 20.1 Å². The van der Waals surface area contributed by atoms with Gasteiger partial charge in [0.05, 0.1) is 15.4 Å². The summed E-state index contributed by atoms with van der Waals surface area (Å²) in [5, 5.41) is 18.6. The molecule has 0 heterocycles. The van der Waals surface area contributed by atoms with Gasteiger partial charge in [0.2, 0.25) is 10.8 Å². The molecule has 1 aromatic carbocycles. The van der Waals surface area contributed by atoms with Gasteiger partial charge in [0.25, 0.3) is 0 Å². The van der Waals surface area contributed by atoms with Crippen molar-refractivity contribution in [1.29, 1.82) is 0 Å². The molecule has 0 spiro atoms. The Morgan fingerprint density at radius 2 is 1.64 bits per heavy atom. The van der Waals surface area contributed by atoms with E-state index in [0.29, 0.717) is 0 Å². The molecule has 1 rings (SSSR count). The minimum Gasteiger partial charge on any atom is -0.258 e. The third-order valence-corrected chi connectivity index (χ3v) is 3.16. The number of benzene rings is 1. The molecule has 13 heteroatoms. The Balaban J connectivity index is 3.77. The molecule has 22 heavy (non-hydrogen) atoms. The van der Waals surface area contributed by atoms with E-state index >= 15 is 0 Å². The molecular weight excluding hydrogens is 405 g/mol. The lowest BCUT2D eigenvalue weighted by Gasteiger charge is -2.08. The second-order valence-corrected chi connectivity index (χ2v) is 4.80. The first kappa shape index (κ1) is 18.2. The Morgan fingerprint density at radius 3 is 1.91 bits per heavy atom. The van der Waals surface area contributed by atoms with Crippen LogP contribution in [0.1, 0.15) is 5.56 Å². The van der Waals surface area contributed by atoms with Crippen LogP contribution in [0.2, 0.25) is 0 Å². The van der Waals surface area contributed by atoms with Crippen molar-refractivity contribution in [2.75, 3.05) is 0 Å². The maximum atomic E-state index is 12.8. The van der Waals surface area contributed by atoms with Gasteiger partial charge in [0, 0.05) is 12.1 Å². The maximum Gasteiger partial charge on any atom is 0.416 e. The van der Waals surface area contributed by atoms with Crippen molar-refractivity contribution in [3.8, 4) is 0 Å². The highest BCUT2D eigenvalue weighted by molar-refractivity contribution is 9.09. The molecule has 1 aromatic rings. The van der Waals surface area contributed by atoms with E-state index in [-0.39, 0.29) is 12.1 Å². The van der Waals surface area contributed by atoms with Crippen LogP contribution in [0.25, 0.3) is 0 Å². The van der Waals surface area contributed by atoms with Crippen molar-refractivity contribution in [2.24, 2.45) is 4.99 Å². The summed E-state index contributed by atoms with van der Waals surface area (Å²) >= 11 is 7.61. The van der Waals surface area contributed by atoms with Gasteiger partial charge in [-0.05, 0) is 15.9 Å². The van der Waals surface area contributed by atoms with E-state index in [9.17, 15) is 37.8 Å². The molecule has 0 aliphatic heterocycles. The van der Waals surface area contributed by atoms with Gasteiger partial charge in [-0.3, -0.25) is 20.2 Å². The number of hydrogen-bond donors (Lipinski definition) is 0. The molecule has 0 N–H and O–H groups in total. The Labute approximate surface area is 132 Å². The fourth-order valence-corrected chi connectivity index (χ4v) is 1.50. The van der Waals surface area contributed by atoms with Crippen molar-refractivity contribution in [1.82, 2.24) is 0 Å². The second kappa shape index (κ2) is 6.52. The van der Waals surface area contributed by atoms with Gasteiger partial charge in [-0.2, -0.15) is 13.2 Å². The zero-order valence-electron chi connectivity index (χ0n) is 9.97. The first-order valence-electron chi connectivity index (χ1n) is 5.01. The SMILES string of the molecule is O=[N+]([O-])c1cc(C(F)(F)F)cc([N+](=O)[O-])c1N=C(Cl)C(F)Br. The predicted octanol–water partition coefficient (Wildman–Crippen LogP) is 4.48. The average Bonchev–Trinajstić information content (AvgIpc) is 2.36. The minimum absolute atomic E-state index is 0.0530. The molecule has 0 bridgehead atoms. The van der Waals surface area contributed by atoms with Crippen molar-refractivity contribution >= 4 is 49.8 Å². The van der Waals surface area contributed by atoms with Crippen LogP contribution in [0.4, 0.5) is 34.6 Å². The number of rotatable bonds is 4. The molecule has 7 nitrogen and oxygen atoms in total. The lowest BCUT2D eigenvalue weighted by Crippen LogP contribution is -2.08.